The molecule has 1 aromatic heterocycles. The van der Waals surface area contributed by atoms with Gasteiger partial charge in [-0.2, -0.15) is 0 Å². The molecule has 0 unspecified atom stereocenters. The maximum Gasteiger partial charge on any atom is 0.231 e. The first-order valence-corrected chi connectivity index (χ1v) is 6.01. The van der Waals surface area contributed by atoms with Crippen molar-refractivity contribution in [2.75, 3.05) is 6.61 Å². The van der Waals surface area contributed by atoms with Crippen LogP contribution < -0.4 is 4.74 Å². The summed E-state index contributed by atoms with van der Waals surface area (Å²) in [4.78, 5) is 7.92. The predicted molar refractivity (Wildman–Crippen MR) is 67.4 cm³/mol. The normalized spacial score (nSPS) is 15.4. The first kappa shape index (κ1) is 11.9. The molecule has 90 valence electrons. The average Bonchev–Trinajstić information content (AvgIpc) is 3.08. The maximum absolute atomic E-state index is 7.20. The molecule has 1 fully saturated rings. The van der Waals surface area contributed by atoms with Crippen molar-refractivity contribution in [3.8, 4) is 5.75 Å². The second-order valence-corrected chi connectivity index (χ2v) is 5.65. The Morgan fingerprint density at radius 2 is 2.18 bits per heavy atom. The van der Waals surface area contributed by atoms with Crippen LogP contribution >= 0.6 is 0 Å². The summed E-state index contributed by atoms with van der Waals surface area (Å²) in [5.41, 5.74) is 1.47. The number of hydrogen-bond acceptors (Lipinski definition) is 2. The topological polar surface area (TPSA) is 26.5 Å². The molecule has 1 aliphatic rings. The number of rotatable bonds is 3. The molecule has 2 rings (SSSR count). The van der Waals surface area contributed by atoms with Crippen LogP contribution in [0.4, 0.5) is 5.69 Å². The van der Waals surface area contributed by atoms with E-state index >= 15 is 0 Å². The van der Waals surface area contributed by atoms with E-state index in [0.717, 1.165) is 12.3 Å². The van der Waals surface area contributed by atoms with Crippen molar-refractivity contribution in [1.82, 2.24) is 4.98 Å². The summed E-state index contributed by atoms with van der Waals surface area (Å²) in [5, 5.41) is 0. The van der Waals surface area contributed by atoms with Gasteiger partial charge in [0.2, 0.25) is 5.69 Å². The minimum Gasteiger partial charge on any atom is -0.503 e. The lowest BCUT2D eigenvalue weighted by Crippen LogP contribution is -2.13. The van der Waals surface area contributed by atoms with Crippen LogP contribution in [0.25, 0.3) is 4.85 Å². The molecule has 0 aliphatic heterocycles. The molecule has 0 bridgehead atoms. The van der Waals surface area contributed by atoms with Gasteiger partial charge in [0, 0.05) is 11.1 Å². The quantitative estimate of drug-likeness (QED) is 0.740. The Hall–Kier alpha value is -1.56. The average molecular weight is 230 g/mol. The highest BCUT2D eigenvalue weighted by Crippen LogP contribution is 2.34. The first-order chi connectivity index (χ1) is 8.00. The van der Waals surface area contributed by atoms with E-state index in [2.05, 4.69) is 30.6 Å². The number of aromatic nitrogens is 1. The molecule has 3 heteroatoms. The molecule has 0 amide bonds. The van der Waals surface area contributed by atoms with Crippen molar-refractivity contribution in [2.24, 2.45) is 5.92 Å². The van der Waals surface area contributed by atoms with Gasteiger partial charge in [0.25, 0.3) is 0 Å². The highest BCUT2D eigenvalue weighted by molar-refractivity contribution is 5.57. The van der Waals surface area contributed by atoms with Crippen LogP contribution in [0, 0.1) is 12.5 Å². The highest BCUT2D eigenvalue weighted by atomic mass is 16.5. The predicted octanol–water partition coefficient (Wildman–Crippen LogP) is 3.72. The van der Waals surface area contributed by atoms with Crippen LogP contribution in [0.2, 0.25) is 0 Å². The van der Waals surface area contributed by atoms with Gasteiger partial charge in [-0.3, -0.25) is 4.98 Å². The molecule has 1 heterocycles. The summed E-state index contributed by atoms with van der Waals surface area (Å²) >= 11 is 0. The Labute approximate surface area is 103 Å². The molecule has 0 radical (unpaired) electrons. The Morgan fingerprint density at radius 3 is 2.71 bits per heavy atom. The van der Waals surface area contributed by atoms with E-state index in [0.29, 0.717) is 17.4 Å². The zero-order valence-corrected chi connectivity index (χ0v) is 10.7. The van der Waals surface area contributed by atoms with Crippen molar-refractivity contribution >= 4 is 5.69 Å². The van der Waals surface area contributed by atoms with Crippen LogP contribution in [0.15, 0.2) is 12.3 Å². The van der Waals surface area contributed by atoms with E-state index < -0.39 is 0 Å². The van der Waals surface area contributed by atoms with Crippen LogP contribution in [0.1, 0.15) is 39.3 Å². The third-order valence-corrected chi connectivity index (χ3v) is 2.91. The van der Waals surface area contributed by atoms with Gasteiger partial charge in [0.1, 0.15) is 5.75 Å². The fourth-order valence-corrected chi connectivity index (χ4v) is 1.53. The van der Waals surface area contributed by atoms with Gasteiger partial charge in [-0.1, -0.05) is 20.8 Å². The van der Waals surface area contributed by atoms with Crippen molar-refractivity contribution in [3.05, 3.63) is 29.4 Å². The summed E-state index contributed by atoms with van der Waals surface area (Å²) in [6.07, 6.45) is 4.19. The SMILES string of the molecule is [C-]#[N+]c1cc(C(C)(C)C)ncc1OCC1CC1. The molecule has 1 aliphatic carbocycles. The number of hydrogen-bond donors (Lipinski definition) is 0. The molecule has 0 atom stereocenters. The molecule has 0 spiro atoms. The maximum atomic E-state index is 7.20. The van der Waals surface area contributed by atoms with E-state index in [4.69, 9.17) is 11.3 Å². The lowest BCUT2D eigenvalue weighted by molar-refractivity contribution is 0.300. The van der Waals surface area contributed by atoms with Crippen molar-refractivity contribution in [3.63, 3.8) is 0 Å². The summed E-state index contributed by atoms with van der Waals surface area (Å²) in [5.74, 6) is 1.32. The van der Waals surface area contributed by atoms with Gasteiger partial charge >= 0.3 is 0 Å². The third kappa shape index (κ3) is 2.97. The van der Waals surface area contributed by atoms with E-state index in [1.165, 1.54) is 12.8 Å². The van der Waals surface area contributed by atoms with Gasteiger partial charge in [0.05, 0.1) is 19.4 Å². The Balaban J connectivity index is 2.19. The monoisotopic (exact) mass is 230 g/mol. The third-order valence-electron chi connectivity index (χ3n) is 2.91. The number of pyridine rings is 1. The smallest absolute Gasteiger partial charge is 0.231 e. The van der Waals surface area contributed by atoms with Gasteiger partial charge < -0.3 is 4.74 Å². The fourth-order valence-electron chi connectivity index (χ4n) is 1.53. The number of nitrogens with zero attached hydrogens (tertiary/aromatic N) is 2. The van der Waals surface area contributed by atoms with Crippen molar-refractivity contribution < 1.29 is 4.74 Å². The first-order valence-electron chi connectivity index (χ1n) is 6.01. The molecule has 1 aromatic rings. The van der Waals surface area contributed by atoms with E-state index in [1.54, 1.807) is 6.20 Å². The molecule has 0 aromatic carbocycles. The summed E-state index contributed by atoms with van der Waals surface area (Å²) in [7, 11) is 0. The molecule has 1 saturated carbocycles. The van der Waals surface area contributed by atoms with Gasteiger partial charge in [-0.15, -0.1) is 0 Å². The Bertz CT molecular complexity index is 450. The standard InChI is InChI=1S/C14H18N2O/c1-14(2,3)13-7-11(15-4)12(8-16-13)17-9-10-5-6-10/h7-8,10H,5-6,9H2,1-3H3. The van der Waals surface area contributed by atoms with Crippen LogP contribution in [0.5, 0.6) is 5.75 Å². The summed E-state index contributed by atoms with van der Waals surface area (Å²) < 4.78 is 5.64. The lowest BCUT2D eigenvalue weighted by atomic mass is 9.91. The molecule has 17 heavy (non-hydrogen) atoms. The van der Waals surface area contributed by atoms with Crippen LogP contribution in [-0.4, -0.2) is 11.6 Å². The molecule has 3 nitrogen and oxygen atoms in total. The summed E-state index contributed by atoms with van der Waals surface area (Å²) in [6.45, 7) is 14.2. The molecule has 0 saturated heterocycles. The van der Waals surface area contributed by atoms with Crippen LogP contribution in [0.3, 0.4) is 0 Å². The second kappa shape index (κ2) is 4.37. The van der Waals surface area contributed by atoms with Gasteiger partial charge in [-0.05, 0) is 24.8 Å². The summed E-state index contributed by atoms with van der Waals surface area (Å²) in [6, 6.07) is 1.84. The highest BCUT2D eigenvalue weighted by Gasteiger charge is 2.23. The lowest BCUT2D eigenvalue weighted by Gasteiger charge is -2.18. The largest absolute Gasteiger partial charge is 0.503 e. The van der Waals surface area contributed by atoms with Crippen molar-refractivity contribution in [1.29, 1.82) is 0 Å². The Morgan fingerprint density at radius 1 is 1.47 bits per heavy atom. The molecular formula is C14H18N2O. The molecule has 0 N–H and O–H groups in total. The second-order valence-electron chi connectivity index (χ2n) is 5.65. The fraction of sp³-hybridized carbons (Fsp3) is 0.571. The van der Waals surface area contributed by atoms with Crippen molar-refractivity contribution in [2.45, 2.75) is 39.0 Å². The van der Waals surface area contributed by atoms with E-state index in [-0.39, 0.29) is 5.41 Å². The zero-order valence-electron chi connectivity index (χ0n) is 10.7. The number of ether oxygens (including phenoxy) is 1. The minimum atomic E-state index is -0.0333. The van der Waals surface area contributed by atoms with E-state index in [1.807, 2.05) is 6.07 Å². The zero-order chi connectivity index (χ0) is 12.5. The minimum absolute atomic E-state index is 0.0333. The molecular weight excluding hydrogens is 212 g/mol. The van der Waals surface area contributed by atoms with Crippen LogP contribution in [-0.2, 0) is 5.41 Å². The van der Waals surface area contributed by atoms with Gasteiger partial charge in [0.15, 0.2) is 0 Å². The Kier molecular flexibility index (Phi) is 3.06. The van der Waals surface area contributed by atoms with Gasteiger partial charge in [-0.25, -0.2) is 4.85 Å². The van der Waals surface area contributed by atoms with E-state index in [9.17, 15) is 0 Å².